The fourth-order valence-corrected chi connectivity index (χ4v) is 10.1. The molecule has 3 aliphatic carbocycles. The molecule has 0 spiro atoms. The number of allylic oxidation sites excluding steroid dienone is 3. The first-order valence-corrected chi connectivity index (χ1v) is 16.8. The van der Waals surface area contributed by atoms with E-state index >= 15 is 0 Å². The number of nitrogens with zero attached hydrogens (tertiary/aromatic N) is 2. The highest BCUT2D eigenvalue weighted by molar-refractivity contribution is 6.10. The molecule has 3 heteroatoms. The molecule has 1 aromatic heterocycles. The van der Waals surface area contributed by atoms with E-state index in [2.05, 4.69) is 90.6 Å². The molecule has 0 saturated heterocycles. The number of aryl methyl sites for hydroxylation is 2. The van der Waals surface area contributed by atoms with Gasteiger partial charge in [-0.15, -0.1) is 0 Å². The highest BCUT2D eigenvalue weighted by atomic mass is 14.9. The van der Waals surface area contributed by atoms with Gasteiger partial charge in [0, 0.05) is 33.5 Å². The van der Waals surface area contributed by atoms with Crippen LogP contribution >= 0.6 is 0 Å². The number of fused-ring (bicyclic) bond motifs is 2. The van der Waals surface area contributed by atoms with Crippen molar-refractivity contribution in [1.82, 2.24) is 4.48 Å². The third-order valence-electron chi connectivity index (χ3n) is 11.6. The maximum absolute atomic E-state index is 7.18. The largest absolute Gasteiger partial charge is 0.400 e. The van der Waals surface area contributed by atoms with Crippen LogP contribution in [0.3, 0.4) is 0 Å². The molecule has 3 saturated carbocycles. The Hall–Kier alpha value is -2.55. The zero-order valence-corrected chi connectivity index (χ0v) is 27.1. The van der Waals surface area contributed by atoms with Crippen molar-refractivity contribution in [3.05, 3.63) is 88.4 Å². The van der Waals surface area contributed by atoms with Crippen LogP contribution in [-0.4, -0.2) is 18.2 Å². The van der Waals surface area contributed by atoms with Crippen LogP contribution in [0.25, 0.3) is 5.57 Å². The van der Waals surface area contributed by atoms with Crippen molar-refractivity contribution in [2.75, 3.05) is 0 Å². The molecule has 3 fully saturated rings. The van der Waals surface area contributed by atoms with Crippen LogP contribution in [0.1, 0.15) is 120 Å². The normalized spacial score (nSPS) is 34.0. The molecule has 2 radical (unpaired) electrons. The molecule has 2 aromatic rings. The van der Waals surface area contributed by atoms with Gasteiger partial charge in [0.2, 0.25) is 7.98 Å². The highest BCUT2D eigenvalue weighted by Crippen LogP contribution is 2.55. The topological polar surface area (TPSA) is 17.3 Å². The molecule has 6 atom stereocenters. The minimum Gasteiger partial charge on any atom is -0.400 e. The smallest absolute Gasteiger partial charge is 0.234 e. The molecule has 4 aliphatic rings. The maximum Gasteiger partial charge on any atom is 0.234 e. The molecule has 220 valence electrons. The SMILES string of the molecule is [B]n1c(/C(=C2/C=CC(C34CC(C)CC(CC(CC)C3)C4)=N2)c2c(C)cccc2C)ccc1C1(CC)CC(=C)CC(C)C1. The number of hydrogen-bond acceptors (Lipinski definition) is 1. The van der Waals surface area contributed by atoms with Crippen LogP contribution in [0.2, 0.25) is 0 Å². The van der Waals surface area contributed by atoms with Gasteiger partial charge in [0.15, 0.2) is 0 Å². The van der Waals surface area contributed by atoms with Crippen molar-refractivity contribution in [2.45, 2.75) is 111 Å². The monoisotopic (exact) mass is 558 g/mol. The Morgan fingerprint density at radius 3 is 2.43 bits per heavy atom. The summed E-state index contributed by atoms with van der Waals surface area (Å²) in [6, 6.07) is 11.2. The van der Waals surface area contributed by atoms with E-state index in [1.165, 1.54) is 77.8 Å². The van der Waals surface area contributed by atoms with Gasteiger partial charge >= 0.3 is 0 Å². The van der Waals surface area contributed by atoms with Crippen LogP contribution in [0.5, 0.6) is 0 Å². The van der Waals surface area contributed by atoms with Crippen molar-refractivity contribution < 1.29 is 0 Å². The molecule has 6 unspecified atom stereocenters. The van der Waals surface area contributed by atoms with Crippen LogP contribution in [0.4, 0.5) is 0 Å². The summed E-state index contributed by atoms with van der Waals surface area (Å²) in [5.74, 6) is 3.05. The second kappa shape index (κ2) is 11.2. The van der Waals surface area contributed by atoms with Crippen molar-refractivity contribution in [3.8, 4) is 0 Å². The second-order valence-corrected chi connectivity index (χ2v) is 15.0. The Bertz CT molecular complexity index is 1440. The summed E-state index contributed by atoms with van der Waals surface area (Å²) in [6.07, 6.45) is 17.0. The van der Waals surface area contributed by atoms with Crippen molar-refractivity contribution in [3.63, 3.8) is 0 Å². The molecule has 6 rings (SSSR count). The maximum atomic E-state index is 7.18. The summed E-state index contributed by atoms with van der Waals surface area (Å²) in [7, 11) is 7.18. The molecule has 2 heterocycles. The molecule has 1 aliphatic heterocycles. The predicted octanol–water partition coefficient (Wildman–Crippen LogP) is 10.1. The Balaban J connectivity index is 1.51. The van der Waals surface area contributed by atoms with E-state index in [4.69, 9.17) is 13.0 Å². The molecule has 2 bridgehead atoms. The van der Waals surface area contributed by atoms with Gasteiger partial charge in [-0.2, -0.15) is 0 Å². The lowest BCUT2D eigenvalue weighted by atomic mass is 9.54. The molecule has 2 nitrogen and oxygen atoms in total. The van der Waals surface area contributed by atoms with Gasteiger partial charge in [0.05, 0.1) is 5.70 Å². The standard InChI is InChI=1S/C39H51BN2/c1-8-30-19-31-18-27(5)22-39(23-30,24-31)34-15-13-32(41-34)37(36-28(6)11-10-12-29(36)7)33-14-16-35(42(33)40)38(9-2)20-25(3)17-26(4)21-38/h10-16,26-27,30-31H,3,8-9,17-24H2,1-2,4-7H3/b37-32+. The van der Waals surface area contributed by atoms with Gasteiger partial charge in [-0.25, -0.2) is 0 Å². The molecule has 42 heavy (non-hydrogen) atoms. The molecular formula is C39H51BN2. The minimum atomic E-state index is 0.0295. The molecule has 1 aromatic carbocycles. The Labute approximate surface area is 256 Å². The fourth-order valence-electron chi connectivity index (χ4n) is 10.1. The van der Waals surface area contributed by atoms with Gasteiger partial charge in [-0.1, -0.05) is 64.5 Å². The van der Waals surface area contributed by atoms with Gasteiger partial charge < -0.3 is 4.48 Å². The van der Waals surface area contributed by atoms with E-state index in [0.717, 1.165) is 54.8 Å². The number of rotatable bonds is 6. The number of hydrogen-bond donors (Lipinski definition) is 0. The summed E-state index contributed by atoms with van der Waals surface area (Å²) in [5, 5.41) is 0. The van der Waals surface area contributed by atoms with Gasteiger partial charge in [-0.05, 0) is 136 Å². The van der Waals surface area contributed by atoms with Crippen molar-refractivity contribution in [1.29, 1.82) is 0 Å². The summed E-state index contributed by atoms with van der Waals surface area (Å²) < 4.78 is 2.02. The highest BCUT2D eigenvalue weighted by Gasteiger charge is 2.48. The van der Waals surface area contributed by atoms with E-state index in [1.807, 2.05) is 4.48 Å². The fraction of sp³-hybridized carbons (Fsp3) is 0.564. The Morgan fingerprint density at radius 2 is 1.74 bits per heavy atom. The number of aromatic nitrogens is 1. The lowest BCUT2D eigenvalue weighted by Gasteiger charge is -2.50. The quantitative estimate of drug-likeness (QED) is 0.248. The van der Waals surface area contributed by atoms with Crippen molar-refractivity contribution >= 4 is 19.3 Å². The van der Waals surface area contributed by atoms with E-state index < -0.39 is 0 Å². The second-order valence-electron chi connectivity index (χ2n) is 15.0. The average molecular weight is 559 g/mol. The summed E-state index contributed by atoms with van der Waals surface area (Å²) in [5.41, 5.74) is 11.3. The van der Waals surface area contributed by atoms with E-state index in [9.17, 15) is 0 Å². The van der Waals surface area contributed by atoms with E-state index in [1.54, 1.807) is 0 Å². The van der Waals surface area contributed by atoms with Crippen molar-refractivity contribution in [2.24, 2.45) is 34.1 Å². The average Bonchev–Trinajstić information content (AvgIpc) is 3.57. The van der Waals surface area contributed by atoms with Crippen LogP contribution in [-0.2, 0) is 5.41 Å². The molecule has 0 N–H and O–H groups in total. The lowest BCUT2D eigenvalue weighted by Crippen LogP contribution is -2.44. The first-order valence-electron chi connectivity index (χ1n) is 16.8. The third kappa shape index (κ3) is 5.03. The van der Waals surface area contributed by atoms with E-state index in [-0.39, 0.29) is 10.8 Å². The lowest BCUT2D eigenvalue weighted by molar-refractivity contribution is 0.0633. The third-order valence-corrected chi connectivity index (χ3v) is 11.6. The first-order chi connectivity index (χ1) is 20.1. The van der Waals surface area contributed by atoms with Gasteiger partial charge in [0.25, 0.3) is 0 Å². The zero-order valence-electron chi connectivity index (χ0n) is 27.1. The summed E-state index contributed by atoms with van der Waals surface area (Å²) in [4.78, 5) is 5.59. The minimum absolute atomic E-state index is 0.0295. The number of benzene rings is 1. The Kier molecular flexibility index (Phi) is 7.86. The summed E-state index contributed by atoms with van der Waals surface area (Å²) >= 11 is 0. The molecular weight excluding hydrogens is 507 g/mol. The number of aliphatic imine (C=N–C) groups is 1. The van der Waals surface area contributed by atoms with E-state index in [0.29, 0.717) is 5.92 Å². The first kappa shape index (κ1) is 29.5. The predicted molar refractivity (Wildman–Crippen MR) is 180 cm³/mol. The van der Waals surface area contributed by atoms with Crippen LogP contribution < -0.4 is 0 Å². The van der Waals surface area contributed by atoms with Gasteiger partial charge in [0.1, 0.15) is 0 Å². The zero-order chi connectivity index (χ0) is 29.8. The summed E-state index contributed by atoms with van der Waals surface area (Å²) in [6.45, 7) is 18.5. The van der Waals surface area contributed by atoms with Crippen LogP contribution in [0, 0.1) is 42.9 Å². The molecule has 0 amide bonds. The van der Waals surface area contributed by atoms with Crippen LogP contribution in [0.15, 0.2) is 65.3 Å². The Morgan fingerprint density at radius 1 is 0.976 bits per heavy atom. The van der Waals surface area contributed by atoms with Gasteiger partial charge in [-0.3, -0.25) is 4.99 Å².